The first-order valence-corrected chi connectivity index (χ1v) is 5.91. The molecule has 1 rings (SSSR count). The lowest BCUT2D eigenvalue weighted by molar-refractivity contribution is 0.383. The largest absolute Gasteiger partial charge is 0.415 e. The molecule has 3 atom stereocenters. The van der Waals surface area contributed by atoms with Crippen LogP contribution in [0.5, 0.6) is 0 Å². The third-order valence-corrected chi connectivity index (χ3v) is 5.28. The molecule has 0 aliphatic heterocycles. The van der Waals surface area contributed by atoms with E-state index in [1.165, 1.54) is 0 Å². The van der Waals surface area contributed by atoms with Gasteiger partial charge in [0.1, 0.15) is 0 Å². The van der Waals surface area contributed by atoms with Gasteiger partial charge in [-0.3, -0.25) is 0 Å². The molecule has 0 aliphatic rings. The molecule has 70 valence electrons. The van der Waals surface area contributed by atoms with Gasteiger partial charge in [0.15, 0.2) is 0 Å². The number of rotatable bonds is 1. The highest BCUT2D eigenvalue weighted by molar-refractivity contribution is 7.59. The van der Waals surface area contributed by atoms with Gasteiger partial charge in [-0.2, -0.15) is 0 Å². The van der Waals surface area contributed by atoms with Crippen LogP contribution in [0.1, 0.15) is 0 Å². The number of hydrogen-bond acceptors (Lipinski definition) is 2. The van der Waals surface area contributed by atoms with Crippen LogP contribution in [0.15, 0.2) is 0 Å². The smallest absolute Gasteiger partial charge is 0.246 e. The van der Waals surface area contributed by atoms with Crippen molar-refractivity contribution in [3.8, 4) is 0 Å². The summed E-state index contributed by atoms with van der Waals surface area (Å²) in [7, 11) is -7.77. The summed E-state index contributed by atoms with van der Waals surface area (Å²) in [6, 6.07) is 0. The molecule has 0 saturated heterocycles. The van der Waals surface area contributed by atoms with Crippen LogP contribution in [0.2, 0.25) is 0 Å². The van der Waals surface area contributed by atoms with Gasteiger partial charge in [0.2, 0.25) is 0 Å². The monoisotopic (exact) mass is 242 g/mol. The van der Waals surface area contributed by atoms with Crippen molar-refractivity contribution in [1.29, 1.82) is 0 Å². The van der Waals surface area contributed by atoms with Crippen molar-refractivity contribution in [3.05, 3.63) is 0 Å². The Morgan fingerprint density at radius 1 is 1.50 bits per heavy atom. The van der Waals surface area contributed by atoms with Gasteiger partial charge in [0, 0.05) is 8.63 Å². The predicted octanol–water partition coefficient (Wildman–Crippen LogP) is 3.04. The van der Waals surface area contributed by atoms with Crippen LogP contribution in [0, 0.1) is 0 Å². The minimum Gasteiger partial charge on any atom is -0.246 e. The van der Waals surface area contributed by atoms with Crippen LogP contribution < -0.4 is 4.52 Å². The molecule has 0 aliphatic carbocycles. The summed E-state index contributed by atoms with van der Waals surface area (Å²) < 4.78 is 55.5. The summed E-state index contributed by atoms with van der Waals surface area (Å²) in [5.41, 5.74) is 0. The summed E-state index contributed by atoms with van der Waals surface area (Å²) in [6.07, 6.45) is 0. The van der Waals surface area contributed by atoms with Crippen molar-refractivity contribution < 1.29 is 21.9 Å². The van der Waals surface area contributed by atoms with Gasteiger partial charge in [0.25, 0.3) is 0 Å². The van der Waals surface area contributed by atoms with Crippen LogP contribution >= 0.6 is 24.4 Å². The number of halogens is 4. The Labute approximate surface area is 67.5 Å². The first-order valence-electron chi connectivity index (χ1n) is 2.47. The van der Waals surface area contributed by atoms with E-state index in [4.69, 9.17) is 0 Å². The molecule has 0 bridgehead atoms. The van der Waals surface area contributed by atoms with E-state index in [2.05, 4.69) is 9.03 Å². The maximum atomic E-state index is 12.5. The lowest BCUT2D eigenvalue weighted by atomic mass is 11.8. The third kappa shape index (κ3) is 1.67. The van der Waals surface area contributed by atoms with E-state index in [1.807, 2.05) is 0 Å². The van der Waals surface area contributed by atoms with Crippen LogP contribution in [0.4, 0.5) is 17.4 Å². The summed E-state index contributed by atoms with van der Waals surface area (Å²) >= 11 is 0. The second-order valence-electron chi connectivity index (χ2n) is 1.49. The molecule has 0 N–H and O–H groups in total. The fraction of sp³-hybridized carbons (Fsp3) is 1.00. The molecule has 1 aromatic heterocycles. The van der Waals surface area contributed by atoms with Crippen molar-refractivity contribution in [3.63, 3.8) is 0 Å². The summed E-state index contributed by atoms with van der Waals surface area (Å²) in [4.78, 5) is 0. The Bertz CT molecular complexity index is 321. The molecule has 0 radical (unpaired) electrons. The molecule has 3 unspecified atom stereocenters. The molecular weight excluding hydrogens is 239 g/mol. The highest BCUT2D eigenvalue weighted by Crippen LogP contribution is 2.45. The van der Waals surface area contributed by atoms with Crippen molar-refractivity contribution in [2.24, 2.45) is 0 Å². The molecule has 0 aromatic carbocycles. The fourth-order valence-electron chi connectivity index (χ4n) is 0.418. The first kappa shape index (κ1) is 10.1. The Morgan fingerprint density at radius 3 is 2.58 bits per heavy atom. The number of aromatic nitrogens is 3. The molecule has 1 heterocycles. The number of nitrogens with zero attached hydrogens (tertiary/aromatic N) is 3. The van der Waals surface area contributed by atoms with Crippen LogP contribution in [-0.4, -0.2) is 20.2 Å². The second kappa shape index (κ2) is 3.79. The van der Waals surface area contributed by atoms with Crippen molar-refractivity contribution in [2.45, 2.75) is 0 Å². The van der Waals surface area contributed by atoms with Crippen molar-refractivity contribution in [2.75, 3.05) is 7.11 Å². The van der Waals surface area contributed by atoms with Gasteiger partial charge in [-0.25, -0.2) is 4.52 Å². The van der Waals surface area contributed by atoms with Gasteiger partial charge in [0.05, 0.1) is 7.11 Å². The Kier molecular flexibility index (Phi) is 3.18. The summed E-state index contributed by atoms with van der Waals surface area (Å²) in [5, 5.41) is 0. The molecule has 0 spiro atoms. The van der Waals surface area contributed by atoms with E-state index in [1.54, 1.807) is 0 Å². The van der Waals surface area contributed by atoms with E-state index in [-0.39, 0.29) is 0 Å². The van der Waals surface area contributed by atoms with E-state index in [9.17, 15) is 17.4 Å². The average molecular weight is 242 g/mol. The van der Waals surface area contributed by atoms with Gasteiger partial charge >= 0.3 is 24.4 Å². The van der Waals surface area contributed by atoms with Gasteiger partial charge < -0.3 is 0 Å². The summed E-state index contributed by atoms with van der Waals surface area (Å²) in [6.45, 7) is 0. The minimum atomic E-state index is -3.40. The van der Waals surface area contributed by atoms with E-state index in [0.717, 1.165) is 7.11 Å². The van der Waals surface area contributed by atoms with Crippen LogP contribution in [0.25, 0.3) is 0 Å². The number of hydrogen-bond donors (Lipinski definition) is 0. The lowest BCUT2D eigenvalue weighted by Gasteiger charge is -1.94. The molecule has 0 amide bonds. The molecular formula is CH3F4N3OP3+. The highest BCUT2D eigenvalue weighted by Gasteiger charge is 2.26. The van der Waals surface area contributed by atoms with Gasteiger partial charge in [-0.05, 0) is 4.51 Å². The van der Waals surface area contributed by atoms with Crippen molar-refractivity contribution >= 4 is 24.4 Å². The molecule has 0 saturated carbocycles. The standard InChI is InChI=1S/CH3F4N3OP3/c1-9-12-6-10(4)7(2)11(5)8(12)3/h1H3/q+1. The molecule has 1 aromatic rings. The zero-order valence-electron chi connectivity index (χ0n) is 5.60. The Morgan fingerprint density at radius 2 is 2.08 bits per heavy atom. The minimum absolute atomic E-state index is 0.539. The fourth-order valence-corrected chi connectivity index (χ4v) is 4.47. The first-order chi connectivity index (χ1) is 5.57. The zero-order valence-corrected chi connectivity index (χ0v) is 8.29. The van der Waals surface area contributed by atoms with Gasteiger partial charge in [-0.15, -0.1) is 0 Å². The maximum Gasteiger partial charge on any atom is 0.415 e. The maximum absolute atomic E-state index is 12.5. The van der Waals surface area contributed by atoms with E-state index >= 15 is 0 Å². The average Bonchev–Trinajstić information content (AvgIpc) is 2.08. The third-order valence-electron chi connectivity index (χ3n) is 0.863. The topological polar surface area (TPSA) is 32.0 Å². The Hall–Kier alpha value is -0.0200. The van der Waals surface area contributed by atoms with Gasteiger partial charge in [-0.1, -0.05) is 17.4 Å². The van der Waals surface area contributed by atoms with E-state index < -0.39 is 33.0 Å². The summed E-state index contributed by atoms with van der Waals surface area (Å²) in [5.74, 6) is 0. The molecule has 11 heteroatoms. The SMILES string of the molecule is COp1n[p+](F)n(F)p(F)n1F. The zero-order chi connectivity index (χ0) is 9.30. The van der Waals surface area contributed by atoms with Crippen molar-refractivity contribution in [1.82, 2.24) is 13.1 Å². The molecule has 4 nitrogen and oxygen atoms in total. The molecule has 0 fully saturated rings. The highest BCUT2D eigenvalue weighted by atomic mass is 31.2. The predicted molar refractivity (Wildman–Crippen MR) is 38.9 cm³/mol. The van der Waals surface area contributed by atoms with E-state index in [0.29, 0.717) is 0 Å². The Balaban J connectivity index is 3.39. The lowest BCUT2D eigenvalue weighted by Crippen LogP contribution is -1.92. The normalized spacial score (nSPS) is 14.9. The molecule has 12 heavy (non-hydrogen) atoms. The van der Waals surface area contributed by atoms with Crippen LogP contribution in [0.3, 0.4) is 0 Å². The second-order valence-corrected chi connectivity index (χ2v) is 6.07. The quantitative estimate of drug-likeness (QED) is 0.708. The van der Waals surface area contributed by atoms with Crippen LogP contribution in [-0.2, 0) is 0 Å².